The van der Waals surface area contributed by atoms with Gasteiger partial charge in [0, 0.05) is 17.0 Å². The molecular weight excluding hydrogens is 306 g/mol. The molecule has 1 N–H and O–H groups in total. The second-order valence-corrected chi connectivity index (χ2v) is 9.05. The SMILES string of the molecule is CC.CCCC12/C(=C\C=O)CCC13C1CCC(C(C)=N)C1(C)CCC23. The van der Waals surface area contributed by atoms with Gasteiger partial charge >= 0.3 is 0 Å². The van der Waals surface area contributed by atoms with E-state index in [1.54, 1.807) is 0 Å². The first-order valence-corrected chi connectivity index (χ1v) is 10.7. The largest absolute Gasteiger partial charge is 0.310 e. The minimum Gasteiger partial charge on any atom is -0.310 e. The quantitative estimate of drug-likeness (QED) is 0.368. The Kier molecular flexibility index (Phi) is 4.79. The molecule has 140 valence electrons. The van der Waals surface area contributed by atoms with Crippen LogP contribution < -0.4 is 0 Å². The molecule has 4 aliphatic carbocycles. The maximum Gasteiger partial charge on any atom is 0.142 e. The van der Waals surface area contributed by atoms with Gasteiger partial charge in [-0.15, -0.1) is 0 Å². The maximum absolute atomic E-state index is 11.2. The van der Waals surface area contributed by atoms with Crippen molar-refractivity contribution < 1.29 is 4.79 Å². The highest BCUT2D eigenvalue weighted by Crippen LogP contribution is 2.90. The highest BCUT2D eigenvalue weighted by Gasteiger charge is 2.84. The van der Waals surface area contributed by atoms with Crippen LogP contribution in [0.25, 0.3) is 0 Å². The molecule has 25 heavy (non-hydrogen) atoms. The molecule has 1 spiro atoms. The van der Waals surface area contributed by atoms with Crippen molar-refractivity contribution in [2.45, 2.75) is 86.0 Å². The first-order valence-electron chi connectivity index (χ1n) is 10.7. The van der Waals surface area contributed by atoms with Crippen molar-refractivity contribution in [2.24, 2.45) is 34.0 Å². The van der Waals surface area contributed by atoms with Crippen LogP contribution in [-0.2, 0) is 4.79 Å². The third-order valence-corrected chi connectivity index (χ3v) is 8.71. The molecule has 0 amide bonds. The average Bonchev–Trinajstić information content (AvgIpc) is 2.84. The van der Waals surface area contributed by atoms with Crippen molar-refractivity contribution in [3.8, 4) is 0 Å². The molecule has 6 atom stereocenters. The van der Waals surface area contributed by atoms with Crippen LogP contribution in [-0.4, -0.2) is 12.0 Å². The number of rotatable bonds is 4. The predicted molar refractivity (Wildman–Crippen MR) is 105 cm³/mol. The van der Waals surface area contributed by atoms with Gasteiger partial charge in [0.2, 0.25) is 0 Å². The van der Waals surface area contributed by atoms with Gasteiger partial charge in [-0.2, -0.15) is 0 Å². The van der Waals surface area contributed by atoms with Crippen LogP contribution in [0, 0.1) is 39.4 Å². The number of aldehydes is 1. The lowest BCUT2D eigenvalue weighted by molar-refractivity contribution is -0.104. The highest BCUT2D eigenvalue weighted by atomic mass is 16.1. The van der Waals surface area contributed by atoms with E-state index >= 15 is 0 Å². The Labute approximate surface area is 154 Å². The number of allylic oxidation sites excluding steroid dienone is 2. The third kappa shape index (κ3) is 2.09. The van der Waals surface area contributed by atoms with Crippen LogP contribution in [0.1, 0.15) is 86.0 Å². The summed E-state index contributed by atoms with van der Waals surface area (Å²) in [5.74, 6) is 2.11. The molecule has 0 aromatic heterocycles. The molecule has 0 radical (unpaired) electrons. The molecule has 6 unspecified atom stereocenters. The topological polar surface area (TPSA) is 40.9 Å². The fourth-order valence-corrected chi connectivity index (χ4v) is 8.31. The summed E-state index contributed by atoms with van der Waals surface area (Å²) in [5, 5.41) is 8.28. The van der Waals surface area contributed by atoms with Crippen molar-refractivity contribution in [2.75, 3.05) is 0 Å². The van der Waals surface area contributed by atoms with Crippen LogP contribution in [0.2, 0.25) is 0 Å². The monoisotopic (exact) mass is 343 g/mol. The number of carbonyl (C=O) groups is 1. The fraction of sp³-hybridized carbons (Fsp3) is 0.826. The molecule has 4 fully saturated rings. The molecule has 4 saturated carbocycles. The summed E-state index contributed by atoms with van der Waals surface area (Å²) in [7, 11) is 0. The standard InChI is InChI=1S/C21H31NO.C2H6/c1-4-10-20-15(9-13-23)7-12-21(20)17-6-5-16(14(2)22)19(17,3)11-8-18(20)21;1-2/h9,13,16-18,22H,4-8,10-12H2,1-3H3;1-2H3/b15-9-,22-14?;. The summed E-state index contributed by atoms with van der Waals surface area (Å²) in [4.78, 5) is 11.2. The third-order valence-electron chi connectivity index (χ3n) is 8.71. The molecule has 4 aliphatic rings. The Morgan fingerprint density at radius 2 is 1.92 bits per heavy atom. The van der Waals surface area contributed by atoms with Crippen molar-refractivity contribution >= 4 is 12.0 Å². The van der Waals surface area contributed by atoms with Gasteiger partial charge < -0.3 is 5.41 Å². The Morgan fingerprint density at radius 1 is 1.20 bits per heavy atom. The summed E-state index contributed by atoms with van der Waals surface area (Å²) < 4.78 is 0. The van der Waals surface area contributed by atoms with E-state index in [2.05, 4.69) is 13.8 Å². The molecule has 4 rings (SSSR count). The Hall–Kier alpha value is -0.920. The second-order valence-electron chi connectivity index (χ2n) is 9.05. The molecule has 0 bridgehead atoms. The van der Waals surface area contributed by atoms with E-state index in [-0.39, 0.29) is 0 Å². The van der Waals surface area contributed by atoms with Gasteiger partial charge in [-0.25, -0.2) is 0 Å². The zero-order valence-electron chi connectivity index (χ0n) is 17.0. The van der Waals surface area contributed by atoms with Gasteiger partial charge in [0.15, 0.2) is 0 Å². The van der Waals surface area contributed by atoms with E-state index in [9.17, 15) is 4.79 Å². The number of hydrogen-bond donors (Lipinski definition) is 1. The van der Waals surface area contributed by atoms with Crippen LogP contribution in [0.15, 0.2) is 11.6 Å². The van der Waals surface area contributed by atoms with Crippen molar-refractivity contribution in [1.29, 1.82) is 5.41 Å². The number of carbonyl (C=O) groups excluding carboxylic acids is 1. The van der Waals surface area contributed by atoms with Crippen LogP contribution >= 0.6 is 0 Å². The van der Waals surface area contributed by atoms with Gasteiger partial charge in [-0.05, 0) is 80.6 Å². The normalized spacial score (nSPS) is 48.0. The van der Waals surface area contributed by atoms with Crippen LogP contribution in [0.5, 0.6) is 0 Å². The lowest BCUT2D eigenvalue weighted by Gasteiger charge is -2.45. The molecule has 2 heteroatoms. The van der Waals surface area contributed by atoms with Gasteiger partial charge in [-0.1, -0.05) is 39.7 Å². The highest BCUT2D eigenvalue weighted by molar-refractivity contribution is 5.82. The summed E-state index contributed by atoms with van der Waals surface area (Å²) in [6.45, 7) is 10.8. The lowest BCUT2D eigenvalue weighted by Crippen LogP contribution is -2.40. The lowest BCUT2D eigenvalue weighted by atomic mass is 9.59. The Bertz CT molecular complexity index is 593. The van der Waals surface area contributed by atoms with E-state index in [4.69, 9.17) is 5.41 Å². The van der Waals surface area contributed by atoms with Crippen molar-refractivity contribution in [3.63, 3.8) is 0 Å². The minimum atomic E-state index is 0.342. The molecule has 0 heterocycles. The van der Waals surface area contributed by atoms with Crippen molar-refractivity contribution in [1.82, 2.24) is 0 Å². The molecular formula is C23H37NO. The zero-order valence-corrected chi connectivity index (χ0v) is 17.0. The molecule has 0 aromatic rings. The maximum atomic E-state index is 11.2. The summed E-state index contributed by atoms with van der Waals surface area (Å²) in [6, 6.07) is 0. The van der Waals surface area contributed by atoms with E-state index < -0.39 is 0 Å². The van der Waals surface area contributed by atoms with Crippen LogP contribution in [0.4, 0.5) is 0 Å². The summed E-state index contributed by atoms with van der Waals surface area (Å²) in [6.07, 6.45) is 13.1. The number of hydrogen-bond acceptors (Lipinski definition) is 2. The number of fused-ring (bicyclic) bond motifs is 2. The molecule has 0 aliphatic heterocycles. The molecule has 2 nitrogen and oxygen atoms in total. The average molecular weight is 344 g/mol. The van der Waals surface area contributed by atoms with Gasteiger partial charge in [0.05, 0.1) is 0 Å². The fourth-order valence-electron chi connectivity index (χ4n) is 8.31. The van der Waals surface area contributed by atoms with Crippen LogP contribution in [0.3, 0.4) is 0 Å². The van der Waals surface area contributed by atoms with Gasteiger partial charge in [-0.3, -0.25) is 4.79 Å². The van der Waals surface area contributed by atoms with E-state index in [1.807, 2.05) is 26.8 Å². The number of nitrogens with one attached hydrogen (secondary N) is 1. The van der Waals surface area contributed by atoms with Gasteiger partial charge in [0.1, 0.15) is 6.29 Å². The molecule has 0 saturated heterocycles. The smallest absolute Gasteiger partial charge is 0.142 e. The second kappa shape index (κ2) is 6.35. The van der Waals surface area contributed by atoms with Crippen molar-refractivity contribution in [3.05, 3.63) is 11.6 Å². The first kappa shape index (κ1) is 18.9. The minimum absolute atomic E-state index is 0.342. The van der Waals surface area contributed by atoms with E-state index in [1.165, 1.54) is 50.5 Å². The summed E-state index contributed by atoms with van der Waals surface area (Å²) >= 11 is 0. The predicted octanol–water partition coefficient (Wildman–Crippen LogP) is 6.20. The Balaban J connectivity index is 0.000000880. The first-order chi connectivity index (χ1) is 12.0. The van der Waals surface area contributed by atoms with Gasteiger partial charge in [0.25, 0.3) is 0 Å². The zero-order chi connectivity index (χ0) is 18.5. The Morgan fingerprint density at radius 3 is 2.52 bits per heavy atom. The van der Waals surface area contributed by atoms with E-state index in [0.29, 0.717) is 22.2 Å². The van der Waals surface area contributed by atoms with E-state index in [0.717, 1.165) is 30.3 Å². The molecule has 0 aromatic carbocycles. The summed E-state index contributed by atoms with van der Waals surface area (Å²) in [5.41, 5.74) is 3.58.